The predicted molar refractivity (Wildman–Crippen MR) is 84.3 cm³/mol. The van der Waals surface area contributed by atoms with Crippen molar-refractivity contribution in [1.82, 2.24) is 14.5 Å². The first-order valence-corrected chi connectivity index (χ1v) is 7.58. The maximum Gasteiger partial charge on any atom is 0.329 e. The Kier molecular flexibility index (Phi) is 4.30. The van der Waals surface area contributed by atoms with Crippen molar-refractivity contribution < 1.29 is 19.1 Å². The van der Waals surface area contributed by atoms with Crippen molar-refractivity contribution >= 4 is 29.1 Å². The van der Waals surface area contributed by atoms with Gasteiger partial charge in [0.25, 0.3) is 0 Å². The summed E-state index contributed by atoms with van der Waals surface area (Å²) >= 11 is 0. The third kappa shape index (κ3) is 2.65. The van der Waals surface area contributed by atoms with Gasteiger partial charge in [0.1, 0.15) is 18.9 Å². The number of amides is 2. The minimum absolute atomic E-state index is 0.0296. The van der Waals surface area contributed by atoms with Gasteiger partial charge in [-0.05, 0) is 12.5 Å². The lowest BCUT2D eigenvalue weighted by Gasteiger charge is -2.21. The van der Waals surface area contributed by atoms with Crippen LogP contribution < -0.4 is 11.0 Å². The zero-order chi connectivity index (χ0) is 17.3. The highest BCUT2D eigenvalue weighted by atomic mass is 16.5. The molecule has 1 aliphatic rings. The number of benzene rings is 1. The van der Waals surface area contributed by atoms with E-state index >= 15 is 0 Å². The number of imidazole rings is 1. The number of hydrogen-bond donors (Lipinski definition) is 1. The summed E-state index contributed by atoms with van der Waals surface area (Å²) in [5.74, 6) is -0.795. The molecule has 1 unspecified atom stereocenters. The Labute approximate surface area is 137 Å². The van der Waals surface area contributed by atoms with Crippen LogP contribution in [-0.2, 0) is 32.8 Å². The van der Waals surface area contributed by atoms with E-state index in [1.54, 1.807) is 25.2 Å². The van der Waals surface area contributed by atoms with Crippen molar-refractivity contribution in [3.63, 3.8) is 0 Å². The number of imide groups is 1. The molecule has 0 bridgehead atoms. The van der Waals surface area contributed by atoms with Crippen molar-refractivity contribution in [3.05, 3.63) is 34.2 Å². The van der Waals surface area contributed by atoms with Gasteiger partial charge in [-0.25, -0.2) is 4.79 Å². The smallest absolute Gasteiger partial charge is 0.329 e. The molecule has 8 nitrogen and oxygen atoms in total. The zero-order valence-corrected chi connectivity index (χ0v) is 13.2. The van der Waals surface area contributed by atoms with Gasteiger partial charge < -0.3 is 9.53 Å². The molecule has 1 saturated heterocycles. The number of hydrogen-bond acceptors (Lipinski definition) is 5. The van der Waals surface area contributed by atoms with Crippen LogP contribution in [-0.4, -0.2) is 33.8 Å². The second-order valence-corrected chi connectivity index (χ2v) is 5.65. The molecule has 3 rings (SSSR count). The maximum absolute atomic E-state index is 12.7. The first kappa shape index (κ1) is 16.1. The van der Waals surface area contributed by atoms with Crippen molar-refractivity contribution in [2.45, 2.75) is 25.5 Å². The number of fused-ring (bicyclic) bond motifs is 1. The summed E-state index contributed by atoms with van der Waals surface area (Å²) in [7, 11) is 1.62. The summed E-state index contributed by atoms with van der Waals surface area (Å²) in [6.45, 7) is 0.154. The molecule has 0 saturated carbocycles. The van der Waals surface area contributed by atoms with Crippen molar-refractivity contribution in [1.29, 1.82) is 0 Å². The van der Waals surface area contributed by atoms with E-state index in [1.807, 2.05) is 0 Å². The van der Waals surface area contributed by atoms with Gasteiger partial charge in [-0.15, -0.1) is 0 Å². The fourth-order valence-corrected chi connectivity index (χ4v) is 3.08. The lowest BCUT2D eigenvalue weighted by Crippen LogP contribution is -2.44. The number of aryl methyl sites for hydroxylation is 1. The molecule has 8 heteroatoms. The number of para-hydroxylation sites is 1. The number of aldehydes is 1. The molecular formula is C16H17N3O5. The van der Waals surface area contributed by atoms with Crippen LogP contribution in [0.4, 0.5) is 0 Å². The second kappa shape index (κ2) is 6.40. The van der Waals surface area contributed by atoms with Crippen LogP contribution in [0, 0.1) is 0 Å². The quantitative estimate of drug-likeness (QED) is 0.473. The molecule has 2 amide bonds. The van der Waals surface area contributed by atoms with Crippen molar-refractivity contribution in [3.8, 4) is 0 Å². The van der Waals surface area contributed by atoms with Crippen molar-refractivity contribution in [2.24, 2.45) is 7.05 Å². The number of aromatic nitrogens is 2. The van der Waals surface area contributed by atoms with E-state index in [0.29, 0.717) is 17.3 Å². The van der Waals surface area contributed by atoms with E-state index in [2.05, 4.69) is 5.32 Å². The van der Waals surface area contributed by atoms with Gasteiger partial charge in [0.05, 0.1) is 17.6 Å². The summed E-state index contributed by atoms with van der Waals surface area (Å²) in [4.78, 5) is 46.5. The molecule has 1 aromatic carbocycles. The highest BCUT2D eigenvalue weighted by Crippen LogP contribution is 2.25. The topological polar surface area (TPSA) is 99.4 Å². The number of nitrogens with zero attached hydrogens (tertiary/aromatic N) is 2. The molecule has 2 aromatic rings. The summed E-state index contributed by atoms with van der Waals surface area (Å²) in [6, 6.07) is 4.61. The van der Waals surface area contributed by atoms with Gasteiger partial charge in [-0.3, -0.25) is 24.0 Å². The van der Waals surface area contributed by atoms with E-state index in [9.17, 15) is 19.2 Å². The third-order valence-electron chi connectivity index (χ3n) is 4.15. The average molecular weight is 331 g/mol. The molecule has 1 fully saturated rings. The maximum atomic E-state index is 12.7. The van der Waals surface area contributed by atoms with Crippen LogP contribution in [0.15, 0.2) is 23.0 Å². The third-order valence-corrected chi connectivity index (χ3v) is 4.15. The molecule has 126 valence electrons. The summed E-state index contributed by atoms with van der Waals surface area (Å²) < 4.78 is 8.12. The monoisotopic (exact) mass is 331 g/mol. The van der Waals surface area contributed by atoms with Gasteiger partial charge in [0.15, 0.2) is 0 Å². The molecule has 1 N–H and O–H groups in total. The van der Waals surface area contributed by atoms with Gasteiger partial charge >= 0.3 is 5.69 Å². The van der Waals surface area contributed by atoms with Crippen LogP contribution >= 0.6 is 0 Å². The molecule has 1 aromatic heterocycles. The normalized spacial score (nSPS) is 18.0. The lowest BCUT2D eigenvalue weighted by molar-refractivity contribution is -0.135. The van der Waals surface area contributed by atoms with E-state index < -0.39 is 11.9 Å². The number of ether oxygens (including phenoxy) is 1. The number of piperidine rings is 1. The van der Waals surface area contributed by atoms with Crippen LogP contribution in [0.3, 0.4) is 0 Å². The van der Waals surface area contributed by atoms with E-state index in [4.69, 9.17) is 4.74 Å². The van der Waals surface area contributed by atoms with E-state index in [0.717, 1.165) is 5.56 Å². The molecular weight excluding hydrogens is 314 g/mol. The van der Waals surface area contributed by atoms with Crippen molar-refractivity contribution in [2.75, 3.05) is 6.61 Å². The Morgan fingerprint density at radius 3 is 2.83 bits per heavy atom. The standard InChI is InChI=1S/C16H17N3O5/c1-18-14-10(9-24-8-7-20)3-2-4-11(14)19(16(18)23)12-5-6-13(21)17-15(12)22/h2-4,7,12H,5-6,8-9H2,1H3,(H,17,21,22). The first-order chi connectivity index (χ1) is 11.5. The SMILES string of the molecule is Cn1c(=O)n(C2CCC(=O)NC2=O)c2cccc(COCC=O)c21. The summed E-state index contributed by atoms with van der Waals surface area (Å²) in [6.07, 6.45) is 1.14. The van der Waals surface area contributed by atoms with Crippen LogP contribution in [0.1, 0.15) is 24.4 Å². The van der Waals surface area contributed by atoms with Gasteiger partial charge in [0.2, 0.25) is 11.8 Å². The first-order valence-electron chi connectivity index (χ1n) is 7.58. The summed E-state index contributed by atoms with van der Waals surface area (Å²) in [5, 5.41) is 2.28. The Morgan fingerprint density at radius 1 is 1.33 bits per heavy atom. The molecule has 1 atom stereocenters. The Morgan fingerprint density at radius 2 is 2.12 bits per heavy atom. The average Bonchev–Trinajstić information content (AvgIpc) is 2.81. The summed E-state index contributed by atoms with van der Waals surface area (Å²) in [5.41, 5.74) is 1.67. The Bertz CT molecular complexity index is 880. The Hall–Kier alpha value is -2.74. The molecule has 24 heavy (non-hydrogen) atoms. The van der Waals surface area contributed by atoms with Crippen LogP contribution in [0.25, 0.3) is 11.0 Å². The lowest BCUT2D eigenvalue weighted by atomic mass is 10.1. The Balaban J connectivity index is 2.09. The van der Waals surface area contributed by atoms with Gasteiger partial charge in [-0.2, -0.15) is 0 Å². The fourth-order valence-electron chi connectivity index (χ4n) is 3.08. The zero-order valence-electron chi connectivity index (χ0n) is 13.2. The fraction of sp³-hybridized carbons (Fsp3) is 0.375. The van der Waals surface area contributed by atoms with E-state index in [1.165, 1.54) is 9.13 Å². The number of rotatable bonds is 5. The molecule has 0 aliphatic carbocycles. The predicted octanol–water partition coefficient (Wildman–Crippen LogP) is 0.0332. The largest absolute Gasteiger partial charge is 0.369 e. The minimum atomic E-state index is -0.718. The van der Waals surface area contributed by atoms with Crippen LogP contribution in [0.2, 0.25) is 0 Å². The highest BCUT2D eigenvalue weighted by molar-refractivity contribution is 6.00. The van der Waals surface area contributed by atoms with Crippen LogP contribution in [0.5, 0.6) is 0 Å². The highest BCUT2D eigenvalue weighted by Gasteiger charge is 2.31. The van der Waals surface area contributed by atoms with Gasteiger partial charge in [-0.1, -0.05) is 12.1 Å². The van der Waals surface area contributed by atoms with E-state index in [-0.39, 0.29) is 37.7 Å². The molecule has 2 heterocycles. The van der Waals surface area contributed by atoms with Gasteiger partial charge in [0, 0.05) is 19.0 Å². The number of carbonyl (C=O) groups is 3. The minimum Gasteiger partial charge on any atom is -0.369 e. The molecule has 1 aliphatic heterocycles. The number of nitrogens with one attached hydrogen (secondary N) is 1. The number of carbonyl (C=O) groups excluding carboxylic acids is 3. The second-order valence-electron chi connectivity index (χ2n) is 5.65. The molecule has 0 spiro atoms. The molecule has 0 radical (unpaired) electrons.